The summed E-state index contributed by atoms with van der Waals surface area (Å²) in [5.74, 6) is 0.742. The fourth-order valence-electron chi connectivity index (χ4n) is 3.08. The Morgan fingerprint density at radius 3 is 2.32 bits per heavy atom. The molecule has 25 heavy (non-hydrogen) atoms. The Kier molecular flexibility index (Phi) is 5.67. The molecule has 0 fully saturated rings. The van der Waals surface area contributed by atoms with Crippen molar-refractivity contribution in [3.8, 4) is 11.5 Å². The maximum atomic E-state index is 12.6. The lowest BCUT2D eigenvalue weighted by molar-refractivity contribution is 0.0917. The maximum Gasteiger partial charge on any atom is 0.202 e. The summed E-state index contributed by atoms with van der Waals surface area (Å²) >= 11 is 0. The molecule has 0 N–H and O–H groups in total. The van der Waals surface area contributed by atoms with Crippen molar-refractivity contribution in [3.05, 3.63) is 46.8 Å². The van der Waals surface area contributed by atoms with Gasteiger partial charge in [-0.2, -0.15) is 0 Å². The summed E-state index contributed by atoms with van der Waals surface area (Å²) in [5.41, 5.74) is 3.21. The van der Waals surface area contributed by atoms with Crippen LogP contribution in [0.5, 0.6) is 11.5 Å². The van der Waals surface area contributed by atoms with Crippen molar-refractivity contribution in [2.75, 3.05) is 13.7 Å². The molecule has 0 amide bonds. The van der Waals surface area contributed by atoms with Gasteiger partial charge in [0.2, 0.25) is 5.78 Å². The molecule has 2 aromatic rings. The Balaban J connectivity index is 2.18. The number of ketones is 2. The second-order valence-corrected chi connectivity index (χ2v) is 6.38. The molecule has 0 bridgehead atoms. The lowest BCUT2D eigenvalue weighted by Crippen LogP contribution is -2.14. The highest BCUT2D eigenvalue weighted by Gasteiger charge is 2.18. The van der Waals surface area contributed by atoms with Crippen LogP contribution in [0.2, 0.25) is 0 Å². The van der Waals surface area contributed by atoms with Gasteiger partial charge >= 0.3 is 0 Å². The van der Waals surface area contributed by atoms with Gasteiger partial charge in [-0.05, 0) is 58.9 Å². The lowest BCUT2D eigenvalue weighted by atomic mass is 10.1. The third-order valence-electron chi connectivity index (χ3n) is 4.23. The minimum Gasteiger partial charge on any atom is -0.493 e. The molecule has 0 unspecified atom stereocenters. The number of ether oxygens (including phenoxy) is 2. The van der Waals surface area contributed by atoms with Crippen molar-refractivity contribution in [2.45, 2.75) is 40.7 Å². The zero-order valence-electron chi connectivity index (χ0n) is 15.7. The average molecular weight is 343 g/mol. The standard InChI is InChI=1S/C20H25NO4/c1-12(2)21-13(3)9-17(14(21)4)18(23)11-25-19-8-7-16(15(5)22)10-20(19)24-6/h7-10,12H,11H2,1-6H3. The zero-order chi connectivity index (χ0) is 18.7. The van der Waals surface area contributed by atoms with Crippen LogP contribution in [0.25, 0.3) is 0 Å². The predicted octanol–water partition coefficient (Wildman–Crippen LogP) is 4.16. The van der Waals surface area contributed by atoms with E-state index in [1.54, 1.807) is 18.2 Å². The molecule has 1 aromatic heterocycles. The van der Waals surface area contributed by atoms with Crippen molar-refractivity contribution in [1.82, 2.24) is 4.57 Å². The summed E-state index contributed by atoms with van der Waals surface area (Å²) in [6.07, 6.45) is 0. The maximum absolute atomic E-state index is 12.6. The van der Waals surface area contributed by atoms with Gasteiger partial charge < -0.3 is 14.0 Å². The van der Waals surface area contributed by atoms with E-state index < -0.39 is 0 Å². The van der Waals surface area contributed by atoms with Crippen LogP contribution in [0.3, 0.4) is 0 Å². The van der Waals surface area contributed by atoms with E-state index in [9.17, 15) is 9.59 Å². The van der Waals surface area contributed by atoms with Crippen molar-refractivity contribution >= 4 is 11.6 Å². The number of benzene rings is 1. The largest absolute Gasteiger partial charge is 0.493 e. The van der Waals surface area contributed by atoms with Crippen LogP contribution in [-0.2, 0) is 0 Å². The Morgan fingerprint density at radius 1 is 1.12 bits per heavy atom. The van der Waals surface area contributed by atoms with Crippen molar-refractivity contribution in [3.63, 3.8) is 0 Å². The van der Waals surface area contributed by atoms with Gasteiger partial charge in [-0.3, -0.25) is 9.59 Å². The zero-order valence-corrected chi connectivity index (χ0v) is 15.7. The second kappa shape index (κ2) is 7.55. The number of carbonyl (C=O) groups is 2. The third kappa shape index (κ3) is 3.92. The number of aryl methyl sites for hydroxylation is 1. The molecule has 1 heterocycles. The minimum atomic E-state index is -0.0855. The molecule has 134 valence electrons. The van der Waals surface area contributed by atoms with E-state index in [2.05, 4.69) is 18.4 Å². The number of methoxy groups -OCH3 is 1. The Bertz CT molecular complexity index is 802. The number of Topliss-reactive ketones (excluding diaryl/α,β-unsaturated/α-hetero) is 2. The molecule has 0 radical (unpaired) electrons. The second-order valence-electron chi connectivity index (χ2n) is 6.38. The van der Waals surface area contributed by atoms with Gasteiger partial charge in [0.1, 0.15) is 0 Å². The fourth-order valence-corrected chi connectivity index (χ4v) is 3.08. The van der Waals surface area contributed by atoms with E-state index in [0.29, 0.717) is 28.7 Å². The smallest absolute Gasteiger partial charge is 0.202 e. The summed E-state index contributed by atoms with van der Waals surface area (Å²) in [5, 5.41) is 0. The third-order valence-corrected chi connectivity index (χ3v) is 4.23. The van der Waals surface area contributed by atoms with Gasteiger partial charge in [-0.1, -0.05) is 0 Å². The van der Waals surface area contributed by atoms with Gasteiger partial charge in [-0.15, -0.1) is 0 Å². The SMILES string of the molecule is COc1cc(C(C)=O)ccc1OCC(=O)c1cc(C)n(C(C)C)c1C. The summed E-state index contributed by atoms with van der Waals surface area (Å²) in [6.45, 7) is 9.52. The van der Waals surface area contributed by atoms with E-state index in [4.69, 9.17) is 9.47 Å². The Morgan fingerprint density at radius 2 is 1.80 bits per heavy atom. The minimum absolute atomic E-state index is 0.0537. The lowest BCUT2D eigenvalue weighted by Gasteiger charge is -2.14. The van der Waals surface area contributed by atoms with Crippen LogP contribution in [0.4, 0.5) is 0 Å². The highest BCUT2D eigenvalue weighted by atomic mass is 16.5. The molecule has 0 saturated carbocycles. The highest BCUT2D eigenvalue weighted by molar-refractivity contribution is 5.98. The number of aromatic nitrogens is 1. The molecule has 0 aliphatic rings. The number of hydrogen-bond acceptors (Lipinski definition) is 4. The quantitative estimate of drug-likeness (QED) is 0.708. The van der Waals surface area contributed by atoms with E-state index in [1.165, 1.54) is 14.0 Å². The van der Waals surface area contributed by atoms with Gasteiger partial charge in [0.15, 0.2) is 23.9 Å². The van der Waals surface area contributed by atoms with Gasteiger partial charge in [0.05, 0.1) is 7.11 Å². The van der Waals surface area contributed by atoms with Crippen LogP contribution in [-0.4, -0.2) is 29.9 Å². The van der Waals surface area contributed by atoms with Crippen LogP contribution < -0.4 is 9.47 Å². The number of carbonyl (C=O) groups excluding carboxylic acids is 2. The predicted molar refractivity (Wildman–Crippen MR) is 97.1 cm³/mol. The van der Waals surface area contributed by atoms with E-state index in [0.717, 1.165) is 11.4 Å². The normalized spacial score (nSPS) is 10.8. The molecule has 5 nitrogen and oxygen atoms in total. The fraction of sp³-hybridized carbons (Fsp3) is 0.400. The first kappa shape index (κ1) is 18.8. The van der Waals surface area contributed by atoms with Crippen molar-refractivity contribution in [1.29, 1.82) is 0 Å². The van der Waals surface area contributed by atoms with Crippen molar-refractivity contribution in [2.24, 2.45) is 0 Å². The summed E-state index contributed by atoms with van der Waals surface area (Å²) in [4.78, 5) is 24.0. The van der Waals surface area contributed by atoms with Crippen LogP contribution in [0.15, 0.2) is 24.3 Å². The highest BCUT2D eigenvalue weighted by Crippen LogP contribution is 2.29. The molecule has 0 atom stereocenters. The molecule has 5 heteroatoms. The van der Waals surface area contributed by atoms with Crippen LogP contribution >= 0.6 is 0 Å². The average Bonchev–Trinajstić information content (AvgIpc) is 2.86. The van der Waals surface area contributed by atoms with Crippen molar-refractivity contribution < 1.29 is 19.1 Å². The van der Waals surface area contributed by atoms with E-state index in [-0.39, 0.29) is 18.2 Å². The van der Waals surface area contributed by atoms with Gasteiger partial charge in [0, 0.05) is 28.6 Å². The topological polar surface area (TPSA) is 57.5 Å². The Labute approximate surface area is 148 Å². The van der Waals surface area contributed by atoms with Gasteiger partial charge in [0.25, 0.3) is 0 Å². The monoisotopic (exact) mass is 343 g/mol. The van der Waals surface area contributed by atoms with Crippen LogP contribution in [0, 0.1) is 13.8 Å². The number of rotatable bonds is 7. The molecule has 0 aliphatic carbocycles. The first-order valence-corrected chi connectivity index (χ1v) is 8.29. The first-order chi connectivity index (χ1) is 11.8. The molecular formula is C20H25NO4. The van der Waals surface area contributed by atoms with Crippen LogP contribution in [0.1, 0.15) is 58.9 Å². The molecule has 0 aliphatic heterocycles. The Hall–Kier alpha value is -2.56. The van der Waals surface area contributed by atoms with Gasteiger partial charge in [-0.25, -0.2) is 0 Å². The summed E-state index contributed by atoms with van der Waals surface area (Å²) in [6, 6.07) is 7.13. The number of nitrogens with zero attached hydrogens (tertiary/aromatic N) is 1. The molecule has 2 rings (SSSR count). The molecule has 1 aromatic carbocycles. The first-order valence-electron chi connectivity index (χ1n) is 8.29. The van der Waals surface area contributed by atoms with E-state index in [1.807, 2.05) is 19.9 Å². The molecule has 0 saturated heterocycles. The molecular weight excluding hydrogens is 318 g/mol. The summed E-state index contributed by atoms with van der Waals surface area (Å²) in [7, 11) is 1.50. The molecule has 0 spiro atoms. The van der Waals surface area contributed by atoms with E-state index >= 15 is 0 Å². The summed E-state index contributed by atoms with van der Waals surface area (Å²) < 4.78 is 13.0. The number of hydrogen-bond donors (Lipinski definition) is 0.